The standard InChI is InChI=1S/C13H16ClN3/c1-10-2-3-11(6-13(10)14)7-15-5-4-12-8-16-9-17-12/h2-3,6,8-9,15H,4-5,7H2,1H3,(H,16,17). The number of hydrogen-bond acceptors (Lipinski definition) is 2. The van der Waals surface area contributed by atoms with Gasteiger partial charge in [0.15, 0.2) is 0 Å². The van der Waals surface area contributed by atoms with E-state index in [2.05, 4.69) is 21.4 Å². The molecule has 1 aromatic carbocycles. The average Bonchev–Trinajstić information content (AvgIpc) is 2.82. The summed E-state index contributed by atoms with van der Waals surface area (Å²) in [6, 6.07) is 6.17. The first kappa shape index (κ1) is 12.1. The Bertz CT molecular complexity index is 466. The van der Waals surface area contributed by atoms with Crippen LogP contribution in [0, 0.1) is 6.92 Å². The highest BCUT2D eigenvalue weighted by molar-refractivity contribution is 6.31. The van der Waals surface area contributed by atoms with Crippen molar-refractivity contribution in [2.45, 2.75) is 19.9 Å². The number of nitrogens with zero attached hydrogens (tertiary/aromatic N) is 1. The topological polar surface area (TPSA) is 40.7 Å². The summed E-state index contributed by atoms with van der Waals surface area (Å²) in [5.74, 6) is 0. The molecule has 0 aliphatic rings. The molecule has 0 saturated carbocycles. The number of aromatic nitrogens is 2. The largest absolute Gasteiger partial charge is 0.348 e. The lowest BCUT2D eigenvalue weighted by Gasteiger charge is -2.05. The predicted molar refractivity (Wildman–Crippen MR) is 70.2 cm³/mol. The van der Waals surface area contributed by atoms with Gasteiger partial charge in [-0.15, -0.1) is 0 Å². The lowest BCUT2D eigenvalue weighted by molar-refractivity contribution is 0.681. The van der Waals surface area contributed by atoms with Gasteiger partial charge in [-0.05, 0) is 24.1 Å². The molecule has 0 bridgehead atoms. The van der Waals surface area contributed by atoms with Crippen molar-refractivity contribution in [2.24, 2.45) is 0 Å². The van der Waals surface area contributed by atoms with Crippen LogP contribution in [0.5, 0.6) is 0 Å². The molecule has 1 aromatic heterocycles. The van der Waals surface area contributed by atoms with Gasteiger partial charge in [0.2, 0.25) is 0 Å². The second kappa shape index (κ2) is 5.84. The molecule has 2 rings (SSSR count). The summed E-state index contributed by atoms with van der Waals surface area (Å²) in [6.07, 6.45) is 4.51. The number of halogens is 1. The molecule has 0 amide bonds. The minimum Gasteiger partial charge on any atom is -0.348 e. The summed E-state index contributed by atoms with van der Waals surface area (Å²) >= 11 is 6.07. The molecule has 0 unspecified atom stereocenters. The maximum Gasteiger partial charge on any atom is 0.0921 e. The summed E-state index contributed by atoms with van der Waals surface area (Å²) in [5.41, 5.74) is 3.48. The van der Waals surface area contributed by atoms with Crippen LogP contribution in [0.1, 0.15) is 16.8 Å². The highest BCUT2D eigenvalue weighted by Crippen LogP contribution is 2.16. The summed E-state index contributed by atoms with van der Waals surface area (Å²) in [4.78, 5) is 7.06. The fourth-order valence-electron chi connectivity index (χ4n) is 1.62. The third-order valence-electron chi connectivity index (χ3n) is 2.69. The first-order chi connectivity index (χ1) is 8.25. The maximum absolute atomic E-state index is 6.07. The zero-order chi connectivity index (χ0) is 12.1. The van der Waals surface area contributed by atoms with Crippen molar-refractivity contribution in [1.29, 1.82) is 0 Å². The average molecular weight is 250 g/mol. The van der Waals surface area contributed by atoms with Crippen LogP contribution >= 0.6 is 11.6 Å². The number of nitrogens with one attached hydrogen (secondary N) is 2. The number of aryl methyl sites for hydroxylation is 1. The molecule has 0 saturated heterocycles. The van der Waals surface area contributed by atoms with Crippen molar-refractivity contribution in [2.75, 3.05) is 6.54 Å². The van der Waals surface area contributed by atoms with E-state index in [1.165, 1.54) is 5.56 Å². The van der Waals surface area contributed by atoms with Crippen molar-refractivity contribution >= 4 is 11.6 Å². The van der Waals surface area contributed by atoms with Crippen LogP contribution in [0.2, 0.25) is 5.02 Å². The molecule has 0 spiro atoms. The zero-order valence-electron chi connectivity index (χ0n) is 9.83. The second-order valence-electron chi connectivity index (χ2n) is 4.09. The zero-order valence-corrected chi connectivity index (χ0v) is 10.6. The number of H-pyrrole nitrogens is 1. The molecule has 0 radical (unpaired) electrons. The van der Waals surface area contributed by atoms with Crippen molar-refractivity contribution in [3.8, 4) is 0 Å². The Morgan fingerprint density at radius 2 is 2.29 bits per heavy atom. The van der Waals surface area contributed by atoms with Crippen molar-refractivity contribution < 1.29 is 0 Å². The van der Waals surface area contributed by atoms with E-state index in [0.717, 1.165) is 35.8 Å². The maximum atomic E-state index is 6.07. The Kier molecular flexibility index (Phi) is 4.18. The van der Waals surface area contributed by atoms with Gasteiger partial charge in [-0.25, -0.2) is 4.98 Å². The van der Waals surface area contributed by atoms with E-state index in [9.17, 15) is 0 Å². The van der Waals surface area contributed by atoms with Crippen LogP contribution in [-0.4, -0.2) is 16.5 Å². The van der Waals surface area contributed by atoms with E-state index < -0.39 is 0 Å². The minimum absolute atomic E-state index is 0.831. The van der Waals surface area contributed by atoms with Gasteiger partial charge in [-0.2, -0.15) is 0 Å². The van der Waals surface area contributed by atoms with Crippen molar-refractivity contribution in [3.05, 3.63) is 52.6 Å². The minimum atomic E-state index is 0.831. The van der Waals surface area contributed by atoms with Gasteiger partial charge in [0, 0.05) is 36.4 Å². The molecule has 0 atom stereocenters. The molecule has 2 aromatic rings. The second-order valence-corrected chi connectivity index (χ2v) is 4.49. The fourth-order valence-corrected chi connectivity index (χ4v) is 1.83. The molecule has 3 nitrogen and oxygen atoms in total. The monoisotopic (exact) mass is 249 g/mol. The lowest BCUT2D eigenvalue weighted by Crippen LogP contribution is -2.16. The predicted octanol–water partition coefficient (Wildman–Crippen LogP) is 2.70. The molecule has 4 heteroatoms. The molecule has 90 valence electrons. The van der Waals surface area contributed by atoms with Crippen molar-refractivity contribution in [3.63, 3.8) is 0 Å². The summed E-state index contributed by atoms with van der Waals surface area (Å²) in [5, 5.41) is 4.21. The number of aromatic amines is 1. The van der Waals surface area contributed by atoms with Crippen LogP contribution < -0.4 is 5.32 Å². The smallest absolute Gasteiger partial charge is 0.0921 e. The molecule has 17 heavy (non-hydrogen) atoms. The number of hydrogen-bond donors (Lipinski definition) is 2. The summed E-state index contributed by atoms with van der Waals surface area (Å²) in [6.45, 7) is 3.78. The van der Waals surface area contributed by atoms with Gasteiger partial charge in [-0.3, -0.25) is 0 Å². The number of imidazole rings is 1. The number of benzene rings is 1. The van der Waals surface area contributed by atoms with E-state index >= 15 is 0 Å². The molecular formula is C13H16ClN3. The summed E-state index contributed by atoms with van der Waals surface area (Å²) < 4.78 is 0. The quantitative estimate of drug-likeness (QED) is 0.800. The molecule has 0 aliphatic heterocycles. The van der Waals surface area contributed by atoms with E-state index in [1.54, 1.807) is 6.33 Å². The van der Waals surface area contributed by atoms with Gasteiger partial charge in [-0.1, -0.05) is 23.7 Å². The summed E-state index contributed by atoms with van der Waals surface area (Å²) in [7, 11) is 0. The lowest BCUT2D eigenvalue weighted by atomic mass is 10.1. The third-order valence-corrected chi connectivity index (χ3v) is 3.10. The highest BCUT2D eigenvalue weighted by Gasteiger charge is 1.98. The highest BCUT2D eigenvalue weighted by atomic mass is 35.5. The Morgan fingerprint density at radius 1 is 1.41 bits per heavy atom. The van der Waals surface area contributed by atoms with Gasteiger partial charge in [0.25, 0.3) is 0 Å². The molecule has 1 heterocycles. The van der Waals surface area contributed by atoms with Gasteiger partial charge < -0.3 is 10.3 Å². The first-order valence-corrected chi connectivity index (χ1v) is 6.06. The van der Waals surface area contributed by atoms with Crippen LogP contribution in [0.15, 0.2) is 30.7 Å². The Hall–Kier alpha value is -1.32. The molecule has 0 fully saturated rings. The fraction of sp³-hybridized carbons (Fsp3) is 0.308. The Morgan fingerprint density at radius 3 is 3.00 bits per heavy atom. The number of rotatable bonds is 5. The first-order valence-electron chi connectivity index (χ1n) is 5.68. The Labute approximate surface area is 106 Å². The van der Waals surface area contributed by atoms with Gasteiger partial charge >= 0.3 is 0 Å². The van der Waals surface area contributed by atoms with Gasteiger partial charge in [0.05, 0.1) is 6.33 Å². The normalized spacial score (nSPS) is 10.7. The Balaban J connectivity index is 1.76. The van der Waals surface area contributed by atoms with Crippen LogP contribution in [0.25, 0.3) is 0 Å². The molecule has 2 N–H and O–H groups in total. The molecule has 0 aliphatic carbocycles. The van der Waals surface area contributed by atoms with Crippen molar-refractivity contribution in [1.82, 2.24) is 15.3 Å². The SMILES string of the molecule is Cc1ccc(CNCCc2cnc[nH]2)cc1Cl. The van der Waals surface area contributed by atoms with E-state index in [-0.39, 0.29) is 0 Å². The van der Waals surface area contributed by atoms with E-state index in [4.69, 9.17) is 11.6 Å². The van der Waals surface area contributed by atoms with Crippen LogP contribution in [-0.2, 0) is 13.0 Å². The van der Waals surface area contributed by atoms with E-state index in [0.29, 0.717) is 0 Å². The van der Waals surface area contributed by atoms with Crippen LogP contribution in [0.4, 0.5) is 0 Å². The van der Waals surface area contributed by atoms with E-state index in [1.807, 2.05) is 25.3 Å². The van der Waals surface area contributed by atoms with Crippen LogP contribution in [0.3, 0.4) is 0 Å². The third kappa shape index (κ3) is 3.58. The van der Waals surface area contributed by atoms with Gasteiger partial charge in [0.1, 0.15) is 0 Å². The molecular weight excluding hydrogens is 234 g/mol.